The molecule has 34 heavy (non-hydrogen) atoms. The summed E-state index contributed by atoms with van der Waals surface area (Å²) in [5.74, 6) is -1.39. The van der Waals surface area contributed by atoms with E-state index in [9.17, 15) is 39.2 Å². The van der Waals surface area contributed by atoms with Gasteiger partial charge in [0.25, 0.3) is 10.0 Å². The van der Waals surface area contributed by atoms with E-state index in [-0.39, 0.29) is 35.7 Å². The molecule has 0 saturated carbocycles. The Morgan fingerprint density at radius 1 is 0.824 bits per heavy atom. The smallest absolute Gasteiger partial charge is 0.419 e. The van der Waals surface area contributed by atoms with Crippen LogP contribution in [0.4, 0.5) is 36.4 Å². The number of halogens is 7. The number of rotatable bonds is 3. The molecule has 0 saturated heterocycles. The Balaban J connectivity index is 1.80. The molecule has 3 aromatic carbocycles. The predicted octanol–water partition coefficient (Wildman–Crippen LogP) is 6.12. The van der Waals surface area contributed by atoms with Gasteiger partial charge in [0.05, 0.1) is 28.3 Å². The standard InChI is InChI=1S/C22H14F7NO3S/c23-18-6-4-13(10-17(18)22(27,28)29)14-5-7-20-19(11-14)30(8-9-33-20)34(31,32)16-3-1-2-15(12-16)21(24,25)26/h1-7,10-12H,8-9H2. The molecule has 0 N–H and O–H groups in total. The number of fused-ring (bicyclic) bond motifs is 1. The summed E-state index contributed by atoms with van der Waals surface area (Å²) < 4.78 is 125. The number of ether oxygens (including phenoxy) is 1. The minimum Gasteiger partial charge on any atom is -0.489 e. The van der Waals surface area contributed by atoms with Crippen molar-refractivity contribution in [1.29, 1.82) is 0 Å². The van der Waals surface area contributed by atoms with Gasteiger partial charge in [0.2, 0.25) is 0 Å². The maximum absolute atomic E-state index is 13.7. The second kappa shape index (κ2) is 8.19. The minimum atomic E-state index is -4.95. The van der Waals surface area contributed by atoms with Crippen molar-refractivity contribution < 1.29 is 43.9 Å². The average Bonchev–Trinajstić information content (AvgIpc) is 2.77. The summed E-state index contributed by atoms with van der Waals surface area (Å²) in [4.78, 5) is -0.610. The number of benzene rings is 3. The fourth-order valence-electron chi connectivity index (χ4n) is 3.50. The summed E-state index contributed by atoms with van der Waals surface area (Å²) in [6.07, 6.45) is -9.71. The molecule has 1 aliphatic heterocycles. The van der Waals surface area contributed by atoms with Crippen molar-refractivity contribution in [2.75, 3.05) is 17.5 Å². The molecule has 0 atom stereocenters. The third-order valence-corrected chi connectivity index (χ3v) is 6.94. The van der Waals surface area contributed by atoms with E-state index >= 15 is 0 Å². The summed E-state index contributed by atoms with van der Waals surface area (Å²) in [6.45, 7) is -0.342. The van der Waals surface area contributed by atoms with Crippen LogP contribution in [0.1, 0.15) is 11.1 Å². The lowest BCUT2D eigenvalue weighted by Crippen LogP contribution is -2.38. The van der Waals surface area contributed by atoms with E-state index < -0.39 is 44.2 Å². The number of alkyl halides is 6. The third kappa shape index (κ3) is 4.41. The molecule has 4 nitrogen and oxygen atoms in total. The molecule has 1 aliphatic rings. The number of anilines is 1. The molecule has 180 valence electrons. The molecule has 0 amide bonds. The maximum atomic E-state index is 13.7. The highest BCUT2D eigenvalue weighted by Crippen LogP contribution is 2.41. The molecule has 0 bridgehead atoms. The first kappa shape index (κ1) is 23.9. The van der Waals surface area contributed by atoms with Crippen molar-refractivity contribution in [3.8, 4) is 16.9 Å². The van der Waals surface area contributed by atoms with Crippen LogP contribution in [0.2, 0.25) is 0 Å². The van der Waals surface area contributed by atoms with Crippen LogP contribution < -0.4 is 9.04 Å². The third-order valence-electron chi connectivity index (χ3n) is 5.13. The molecule has 0 spiro atoms. The first-order valence-electron chi connectivity index (χ1n) is 9.62. The van der Waals surface area contributed by atoms with E-state index in [1.165, 1.54) is 18.2 Å². The number of hydrogen-bond donors (Lipinski definition) is 0. The van der Waals surface area contributed by atoms with Gasteiger partial charge in [0, 0.05) is 0 Å². The highest BCUT2D eigenvalue weighted by molar-refractivity contribution is 7.92. The summed E-state index contributed by atoms with van der Waals surface area (Å²) in [6, 6.07) is 9.47. The highest BCUT2D eigenvalue weighted by atomic mass is 32.2. The molecule has 1 heterocycles. The quantitative estimate of drug-likeness (QED) is 0.403. The van der Waals surface area contributed by atoms with E-state index in [0.29, 0.717) is 18.2 Å². The van der Waals surface area contributed by atoms with E-state index in [4.69, 9.17) is 4.74 Å². The monoisotopic (exact) mass is 505 g/mol. The highest BCUT2D eigenvalue weighted by Gasteiger charge is 2.36. The van der Waals surface area contributed by atoms with E-state index in [2.05, 4.69) is 0 Å². The van der Waals surface area contributed by atoms with Gasteiger partial charge in [0.1, 0.15) is 18.2 Å². The van der Waals surface area contributed by atoms with Crippen LogP contribution in [-0.2, 0) is 22.4 Å². The maximum Gasteiger partial charge on any atom is 0.419 e. The second-order valence-corrected chi connectivity index (χ2v) is 9.19. The van der Waals surface area contributed by atoms with Crippen molar-refractivity contribution in [2.45, 2.75) is 17.2 Å². The van der Waals surface area contributed by atoms with Crippen molar-refractivity contribution in [3.63, 3.8) is 0 Å². The molecule has 0 aromatic heterocycles. The van der Waals surface area contributed by atoms with E-state index in [0.717, 1.165) is 28.6 Å². The van der Waals surface area contributed by atoms with Crippen LogP contribution in [0.3, 0.4) is 0 Å². The van der Waals surface area contributed by atoms with Crippen LogP contribution >= 0.6 is 0 Å². The lowest BCUT2D eigenvalue weighted by Gasteiger charge is -2.31. The zero-order valence-corrected chi connectivity index (χ0v) is 17.7. The lowest BCUT2D eigenvalue weighted by molar-refractivity contribution is -0.140. The molecular formula is C22H14F7NO3S. The molecule has 0 radical (unpaired) electrons. The van der Waals surface area contributed by atoms with E-state index in [1.807, 2.05) is 0 Å². The van der Waals surface area contributed by atoms with Gasteiger partial charge in [-0.25, -0.2) is 12.8 Å². The predicted molar refractivity (Wildman–Crippen MR) is 108 cm³/mol. The molecule has 4 rings (SSSR count). The van der Waals surface area contributed by atoms with Crippen molar-refractivity contribution in [1.82, 2.24) is 0 Å². The Morgan fingerprint density at radius 3 is 2.18 bits per heavy atom. The second-order valence-electron chi connectivity index (χ2n) is 7.33. The molecule has 0 fully saturated rings. The van der Waals surface area contributed by atoms with Crippen molar-refractivity contribution in [3.05, 3.63) is 77.6 Å². The molecule has 0 unspecified atom stereocenters. The van der Waals surface area contributed by atoms with Crippen molar-refractivity contribution in [2.24, 2.45) is 0 Å². The van der Waals surface area contributed by atoms with Gasteiger partial charge in [0.15, 0.2) is 0 Å². The van der Waals surface area contributed by atoms with Gasteiger partial charge < -0.3 is 4.74 Å². The Hall–Kier alpha value is -3.28. The summed E-state index contributed by atoms with van der Waals surface area (Å²) in [5.41, 5.74) is -2.63. The van der Waals surface area contributed by atoms with Gasteiger partial charge >= 0.3 is 12.4 Å². The van der Waals surface area contributed by atoms with Gasteiger partial charge in [-0.3, -0.25) is 4.31 Å². The zero-order valence-electron chi connectivity index (χ0n) is 16.9. The Morgan fingerprint density at radius 2 is 1.50 bits per heavy atom. The van der Waals surface area contributed by atoms with Crippen LogP contribution in [0, 0.1) is 5.82 Å². The van der Waals surface area contributed by atoms with Gasteiger partial charge in [-0.2, -0.15) is 26.3 Å². The summed E-state index contributed by atoms with van der Waals surface area (Å²) in [7, 11) is -4.48. The first-order chi connectivity index (χ1) is 15.8. The Bertz CT molecular complexity index is 1350. The van der Waals surface area contributed by atoms with Crippen LogP contribution in [0.15, 0.2) is 65.6 Å². The van der Waals surface area contributed by atoms with Crippen LogP contribution in [0.5, 0.6) is 5.75 Å². The van der Waals surface area contributed by atoms with Crippen molar-refractivity contribution >= 4 is 15.7 Å². The van der Waals surface area contributed by atoms with Crippen LogP contribution in [0.25, 0.3) is 11.1 Å². The largest absolute Gasteiger partial charge is 0.489 e. The SMILES string of the molecule is O=S(=O)(c1cccc(C(F)(F)F)c1)N1CCOc2ccc(-c3ccc(F)c(C(F)(F)F)c3)cc21. The van der Waals surface area contributed by atoms with Gasteiger partial charge in [-0.1, -0.05) is 18.2 Å². The fraction of sp³-hybridized carbons (Fsp3) is 0.182. The lowest BCUT2D eigenvalue weighted by atomic mass is 10.0. The molecule has 0 aliphatic carbocycles. The Labute approximate surface area is 189 Å². The van der Waals surface area contributed by atoms with Crippen LogP contribution in [-0.4, -0.2) is 21.6 Å². The normalized spacial score (nSPS) is 14.5. The fourth-order valence-corrected chi connectivity index (χ4v) is 5.00. The van der Waals surface area contributed by atoms with E-state index in [1.54, 1.807) is 0 Å². The molecular weight excluding hydrogens is 491 g/mol. The molecule has 12 heteroatoms. The zero-order chi connectivity index (χ0) is 24.9. The first-order valence-corrected chi connectivity index (χ1v) is 11.1. The topological polar surface area (TPSA) is 46.6 Å². The number of hydrogen-bond acceptors (Lipinski definition) is 3. The Kier molecular flexibility index (Phi) is 5.75. The minimum absolute atomic E-state index is 0.0430. The number of nitrogens with zero attached hydrogens (tertiary/aromatic N) is 1. The summed E-state index contributed by atoms with van der Waals surface area (Å²) in [5, 5.41) is 0. The average molecular weight is 505 g/mol. The summed E-state index contributed by atoms with van der Waals surface area (Å²) >= 11 is 0. The van der Waals surface area contributed by atoms with Gasteiger partial charge in [-0.05, 0) is 53.6 Å². The van der Waals surface area contributed by atoms with Gasteiger partial charge in [-0.15, -0.1) is 0 Å². The number of sulfonamides is 1. The molecule has 3 aromatic rings.